The number of nitrogens with one attached hydrogen (secondary N) is 1. The second-order valence-corrected chi connectivity index (χ2v) is 7.71. The van der Waals surface area contributed by atoms with Crippen molar-refractivity contribution in [2.24, 2.45) is 0 Å². The molecule has 19 heavy (non-hydrogen) atoms. The zero-order valence-electron chi connectivity index (χ0n) is 10.9. The van der Waals surface area contributed by atoms with E-state index in [9.17, 15) is 9.90 Å². The summed E-state index contributed by atoms with van der Waals surface area (Å²) in [7, 11) is 0. The number of fused-ring (bicyclic) bond motifs is 1. The molecule has 1 saturated carbocycles. The number of carboxylic acids is 1. The average Bonchev–Trinajstić information content (AvgIpc) is 3.07. The molecule has 1 aromatic rings. The molecule has 0 aliphatic heterocycles. The molecular formula is C13H18N2O2S2. The van der Waals surface area contributed by atoms with Gasteiger partial charge in [-0.05, 0) is 38.4 Å². The molecular weight excluding hydrogens is 280 g/mol. The summed E-state index contributed by atoms with van der Waals surface area (Å²) in [5.74, 6) is -1.13. The summed E-state index contributed by atoms with van der Waals surface area (Å²) in [6, 6.07) is 0. The molecule has 1 aromatic heterocycles. The van der Waals surface area contributed by atoms with Crippen molar-refractivity contribution in [3.8, 4) is 0 Å². The van der Waals surface area contributed by atoms with Gasteiger partial charge in [0, 0.05) is 16.2 Å². The number of anilines is 1. The van der Waals surface area contributed by atoms with E-state index in [1.54, 1.807) is 11.3 Å². The van der Waals surface area contributed by atoms with Crippen molar-refractivity contribution in [2.75, 3.05) is 18.1 Å². The van der Waals surface area contributed by atoms with Crippen molar-refractivity contribution in [1.29, 1.82) is 0 Å². The minimum absolute atomic E-state index is 0.397. The summed E-state index contributed by atoms with van der Waals surface area (Å²) >= 11 is 3.56. The van der Waals surface area contributed by atoms with Crippen molar-refractivity contribution in [2.45, 2.75) is 42.8 Å². The van der Waals surface area contributed by atoms with Crippen molar-refractivity contribution >= 4 is 34.2 Å². The molecule has 2 N–H and O–H groups in total. The van der Waals surface area contributed by atoms with Gasteiger partial charge >= 0.3 is 5.97 Å². The van der Waals surface area contributed by atoms with Gasteiger partial charge in [-0.15, -0.1) is 11.3 Å². The average molecular weight is 298 g/mol. The number of nitrogens with zero attached hydrogens (tertiary/aromatic N) is 1. The molecule has 0 spiro atoms. The van der Waals surface area contributed by atoms with Crippen LogP contribution in [-0.4, -0.2) is 33.6 Å². The molecule has 0 amide bonds. The molecule has 0 bridgehead atoms. The number of hydrogen-bond acceptors (Lipinski definition) is 5. The Hall–Kier alpha value is -0.750. The maximum absolute atomic E-state index is 11.2. The highest BCUT2D eigenvalue weighted by Crippen LogP contribution is 2.47. The van der Waals surface area contributed by atoms with Crippen LogP contribution in [-0.2, 0) is 11.2 Å². The van der Waals surface area contributed by atoms with Gasteiger partial charge in [-0.2, -0.15) is 11.8 Å². The first-order valence-corrected chi connectivity index (χ1v) is 8.69. The first kappa shape index (κ1) is 13.2. The number of carbonyl (C=O) groups is 1. The highest BCUT2D eigenvalue weighted by atomic mass is 32.2. The molecule has 1 heterocycles. The van der Waals surface area contributed by atoms with E-state index in [1.165, 1.54) is 12.8 Å². The zero-order chi connectivity index (χ0) is 13.5. The number of thioether (sulfide) groups is 1. The Balaban J connectivity index is 1.72. The fourth-order valence-corrected chi connectivity index (χ4v) is 4.35. The van der Waals surface area contributed by atoms with Gasteiger partial charge in [0.15, 0.2) is 5.13 Å². The van der Waals surface area contributed by atoms with Crippen LogP contribution in [0, 0.1) is 0 Å². The van der Waals surface area contributed by atoms with Gasteiger partial charge in [0.2, 0.25) is 0 Å². The molecule has 4 nitrogen and oxygen atoms in total. The number of aromatic nitrogens is 1. The van der Waals surface area contributed by atoms with E-state index in [0.29, 0.717) is 4.75 Å². The molecule has 1 unspecified atom stereocenters. The van der Waals surface area contributed by atoms with Gasteiger partial charge in [0.05, 0.1) is 5.69 Å². The molecule has 104 valence electrons. The summed E-state index contributed by atoms with van der Waals surface area (Å²) in [5, 5.41) is 13.6. The van der Waals surface area contributed by atoms with E-state index < -0.39 is 11.9 Å². The Kier molecular flexibility index (Phi) is 3.47. The Morgan fingerprint density at radius 2 is 2.42 bits per heavy atom. The minimum Gasteiger partial charge on any atom is -0.481 e. The van der Waals surface area contributed by atoms with Crippen LogP contribution in [0.15, 0.2) is 0 Å². The van der Waals surface area contributed by atoms with Gasteiger partial charge in [0.25, 0.3) is 0 Å². The minimum atomic E-state index is -0.736. The van der Waals surface area contributed by atoms with E-state index >= 15 is 0 Å². The van der Waals surface area contributed by atoms with E-state index in [2.05, 4.69) is 16.6 Å². The Bertz CT molecular complexity index is 497. The second-order valence-electron chi connectivity index (χ2n) is 5.35. The molecule has 2 aliphatic carbocycles. The van der Waals surface area contributed by atoms with Crippen LogP contribution in [0.1, 0.15) is 42.2 Å². The normalized spacial score (nSPS) is 23.7. The van der Waals surface area contributed by atoms with E-state index in [-0.39, 0.29) is 0 Å². The molecule has 0 aromatic carbocycles. The Morgan fingerprint density at radius 3 is 3.05 bits per heavy atom. The lowest BCUT2D eigenvalue weighted by Gasteiger charge is -2.16. The lowest BCUT2D eigenvalue weighted by atomic mass is 9.91. The van der Waals surface area contributed by atoms with Crippen molar-refractivity contribution in [1.82, 2.24) is 4.98 Å². The predicted octanol–water partition coefficient (Wildman–Crippen LogP) is 2.96. The topological polar surface area (TPSA) is 62.2 Å². The van der Waals surface area contributed by atoms with Crippen molar-refractivity contribution in [3.63, 3.8) is 0 Å². The van der Waals surface area contributed by atoms with Crippen LogP contribution >= 0.6 is 23.1 Å². The number of aliphatic carboxylic acids is 1. The summed E-state index contributed by atoms with van der Waals surface area (Å²) in [6.45, 7) is 0.943. The first-order valence-electron chi connectivity index (χ1n) is 6.65. The van der Waals surface area contributed by atoms with Crippen LogP contribution < -0.4 is 5.32 Å². The lowest BCUT2D eigenvalue weighted by molar-refractivity contribution is -0.139. The third kappa shape index (κ3) is 2.60. The molecule has 1 fully saturated rings. The fraction of sp³-hybridized carbons (Fsp3) is 0.692. The number of rotatable bonds is 5. The number of hydrogen-bond donors (Lipinski definition) is 2. The van der Waals surface area contributed by atoms with Gasteiger partial charge in [0.1, 0.15) is 5.92 Å². The van der Waals surface area contributed by atoms with Gasteiger partial charge in [-0.25, -0.2) is 4.98 Å². The highest BCUT2D eigenvalue weighted by Gasteiger charge is 2.41. The summed E-state index contributed by atoms with van der Waals surface area (Å²) in [6.07, 6.45) is 7.35. The van der Waals surface area contributed by atoms with Gasteiger partial charge in [-0.1, -0.05) is 0 Å². The fourth-order valence-electron chi connectivity index (χ4n) is 2.56. The monoisotopic (exact) mass is 298 g/mol. The van der Waals surface area contributed by atoms with Crippen molar-refractivity contribution < 1.29 is 9.90 Å². The summed E-state index contributed by atoms with van der Waals surface area (Å²) in [4.78, 5) is 16.9. The Labute approximate surface area is 121 Å². The van der Waals surface area contributed by atoms with E-state index in [1.807, 2.05) is 11.8 Å². The largest absolute Gasteiger partial charge is 0.481 e. The van der Waals surface area contributed by atoms with Gasteiger partial charge < -0.3 is 10.4 Å². The molecule has 1 atom stereocenters. The maximum atomic E-state index is 11.2. The number of thiazole rings is 1. The zero-order valence-corrected chi connectivity index (χ0v) is 12.6. The van der Waals surface area contributed by atoms with Crippen molar-refractivity contribution in [3.05, 3.63) is 10.6 Å². The van der Waals surface area contributed by atoms with Crippen LogP contribution in [0.2, 0.25) is 0 Å². The summed E-state index contributed by atoms with van der Waals surface area (Å²) in [5.41, 5.74) is 0.806. The molecule has 0 saturated heterocycles. The highest BCUT2D eigenvalue weighted by molar-refractivity contribution is 8.00. The van der Waals surface area contributed by atoms with Crippen LogP contribution in [0.25, 0.3) is 0 Å². The molecule has 0 radical (unpaired) electrons. The lowest BCUT2D eigenvalue weighted by Crippen LogP contribution is -2.18. The van der Waals surface area contributed by atoms with Crippen LogP contribution in [0.4, 0.5) is 5.13 Å². The van der Waals surface area contributed by atoms with Gasteiger partial charge in [-0.3, -0.25) is 4.79 Å². The molecule has 2 aliphatic rings. The first-order chi connectivity index (χ1) is 9.13. The third-order valence-electron chi connectivity index (χ3n) is 4.05. The third-order valence-corrected chi connectivity index (χ3v) is 6.56. The Morgan fingerprint density at radius 1 is 1.63 bits per heavy atom. The quantitative estimate of drug-likeness (QED) is 0.875. The number of carboxylic acid groups (broad SMARTS) is 1. The number of aryl methyl sites for hydroxylation is 1. The standard InChI is InChI=1S/C13H18N2O2S2/c1-18-13(5-6-13)7-14-12-15-10-8(11(16)17)3-2-4-9(10)19-12/h8H,2-7H2,1H3,(H,14,15)(H,16,17). The molecule has 6 heteroatoms. The van der Waals surface area contributed by atoms with E-state index in [4.69, 9.17) is 0 Å². The summed E-state index contributed by atoms with van der Waals surface area (Å²) < 4.78 is 0.401. The SMILES string of the molecule is CSC1(CNc2nc3c(s2)CCCC3C(=O)O)CC1. The van der Waals surface area contributed by atoms with Crippen LogP contribution in [0.5, 0.6) is 0 Å². The van der Waals surface area contributed by atoms with Crippen LogP contribution in [0.3, 0.4) is 0 Å². The second kappa shape index (κ2) is 4.98. The van der Waals surface area contributed by atoms with E-state index in [0.717, 1.165) is 41.5 Å². The smallest absolute Gasteiger partial charge is 0.312 e. The maximum Gasteiger partial charge on any atom is 0.312 e. The molecule has 3 rings (SSSR count). The predicted molar refractivity (Wildman–Crippen MR) is 79.4 cm³/mol.